The number of hydrogen-bond acceptors (Lipinski definition) is 0. The maximum atomic E-state index is 13.3. The molecule has 0 saturated carbocycles. The number of rotatable bonds is 5. The highest BCUT2D eigenvalue weighted by Gasteiger charge is 2.40. The molecule has 0 radical (unpaired) electrons. The zero-order valence-electron chi connectivity index (χ0n) is 13.2. The minimum absolute atomic E-state index is 0.242. The van der Waals surface area contributed by atoms with Crippen molar-refractivity contribution in [3.8, 4) is 0 Å². The van der Waals surface area contributed by atoms with Crippen LogP contribution in [0.4, 0.5) is 8.78 Å². The second-order valence-corrected chi connectivity index (χ2v) is 17.9. The van der Waals surface area contributed by atoms with E-state index < -0.39 is 16.1 Å². The van der Waals surface area contributed by atoms with Crippen molar-refractivity contribution in [3.63, 3.8) is 0 Å². The van der Waals surface area contributed by atoms with E-state index in [1.165, 1.54) is 24.3 Å². The van der Waals surface area contributed by atoms with Gasteiger partial charge in [-0.1, -0.05) is 59.9 Å². The van der Waals surface area contributed by atoms with Gasteiger partial charge in [0.25, 0.3) is 0 Å². The molecule has 2 aromatic carbocycles. The highest BCUT2D eigenvalue weighted by atomic mass is 35.5. The fourth-order valence-electron chi connectivity index (χ4n) is 3.02. The molecule has 0 unspecified atom stereocenters. The zero-order chi connectivity index (χ0) is 16.4. The smallest absolute Gasteiger partial charge is 0.130 e. The first-order valence-corrected chi connectivity index (χ1v) is 14.0. The molecule has 0 amide bonds. The number of benzene rings is 2. The largest absolute Gasteiger partial charge is 0.207 e. The van der Waals surface area contributed by atoms with Crippen LogP contribution in [0.1, 0.15) is 0 Å². The van der Waals surface area contributed by atoms with Crippen LogP contribution in [0.25, 0.3) is 0 Å². The van der Waals surface area contributed by atoms with E-state index in [-0.39, 0.29) is 11.6 Å². The van der Waals surface area contributed by atoms with Gasteiger partial charge in [0.05, 0.1) is 0 Å². The summed E-state index contributed by atoms with van der Waals surface area (Å²) in [5.74, 6) is -0.485. The van der Waals surface area contributed by atoms with Gasteiger partial charge in [0.1, 0.15) is 19.7 Å². The lowest BCUT2D eigenvalue weighted by Crippen LogP contribution is -2.63. The summed E-state index contributed by atoms with van der Waals surface area (Å²) in [6, 6.07) is 13.4. The zero-order valence-corrected chi connectivity index (χ0v) is 15.9. The highest BCUT2D eigenvalue weighted by Crippen LogP contribution is 2.22. The molecule has 2 rings (SSSR count). The van der Waals surface area contributed by atoms with Gasteiger partial charge in [0, 0.05) is 13.6 Å². The molecular weight excluding hydrogens is 334 g/mol. The molecule has 118 valence electrons. The van der Waals surface area contributed by atoms with E-state index >= 15 is 0 Å². The third-order valence-corrected chi connectivity index (χ3v) is 15.2. The third-order valence-electron chi connectivity index (χ3n) is 3.85. The van der Waals surface area contributed by atoms with Gasteiger partial charge in [-0.2, -0.15) is 0 Å². The molecule has 5 heteroatoms. The first-order valence-electron chi connectivity index (χ1n) is 7.35. The predicted octanol–water partition coefficient (Wildman–Crippen LogP) is 4.18. The third kappa shape index (κ3) is 3.86. The lowest BCUT2D eigenvalue weighted by molar-refractivity contribution is 0.628. The maximum Gasteiger partial charge on any atom is 0.130 e. The predicted molar refractivity (Wildman–Crippen MR) is 96.7 cm³/mol. The van der Waals surface area contributed by atoms with E-state index in [4.69, 9.17) is 11.6 Å². The number of hydrogen-bond donors (Lipinski definition) is 0. The number of halogens is 3. The Hall–Kier alpha value is -0.976. The second-order valence-electron chi connectivity index (χ2n) is 6.97. The first-order chi connectivity index (χ1) is 10.3. The van der Waals surface area contributed by atoms with Gasteiger partial charge in [0.15, 0.2) is 0 Å². The fourth-order valence-corrected chi connectivity index (χ4v) is 16.3. The molecule has 22 heavy (non-hydrogen) atoms. The van der Waals surface area contributed by atoms with Gasteiger partial charge >= 0.3 is 0 Å². The van der Waals surface area contributed by atoms with Crippen LogP contribution < -0.4 is 10.4 Å². The van der Waals surface area contributed by atoms with E-state index in [9.17, 15) is 8.78 Å². The van der Waals surface area contributed by atoms with Crippen LogP contribution in [-0.4, -0.2) is 21.7 Å². The van der Waals surface area contributed by atoms with Crippen molar-refractivity contribution in [2.45, 2.75) is 25.3 Å². The van der Waals surface area contributed by atoms with E-state index in [0.29, 0.717) is 5.50 Å². The molecule has 0 aliphatic heterocycles. The molecule has 2 aromatic rings. The summed E-state index contributed by atoms with van der Waals surface area (Å²) < 4.78 is 26.6. The van der Waals surface area contributed by atoms with E-state index in [0.717, 1.165) is 16.0 Å². The Morgan fingerprint density at radius 1 is 0.773 bits per heavy atom. The summed E-state index contributed by atoms with van der Waals surface area (Å²) in [5, 5.41) is 2.25. The van der Waals surface area contributed by atoms with Gasteiger partial charge in [-0.15, -0.1) is 11.6 Å². The summed E-state index contributed by atoms with van der Waals surface area (Å²) in [6.07, 6.45) is 0. The minimum atomic E-state index is -2.21. The summed E-state index contributed by atoms with van der Waals surface area (Å²) in [6.45, 7) is 6.94. The van der Waals surface area contributed by atoms with Crippen molar-refractivity contribution < 1.29 is 8.78 Å². The van der Waals surface area contributed by atoms with Crippen LogP contribution in [-0.2, 0) is 0 Å². The van der Waals surface area contributed by atoms with Gasteiger partial charge in [-0.05, 0) is 24.3 Å². The van der Waals surface area contributed by atoms with Crippen LogP contribution in [0.2, 0.25) is 25.3 Å². The van der Waals surface area contributed by atoms with E-state index in [1.807, 2.05) is 24.3 Å². The molecule has 0 nitrogen and oxygen atoms in total. The van der Waals surface area contributed by atoms with Crippen molar-refractivity contribution >= 4 is 38.1 Å². The molecule has 0 aromatic heterocycles. The molecule has 0 bridgehead atoms. The average Bonchev–Trinajstić information content (AvgIpc) is 2.45. The maximum absolute atomic E-state index is 13.3. The number of alkyl halides is 1. The van der Waals surface area contributed by atoms with Crippen molar-refractivity contribution in [2.75, 3.05) is 5.50 Å². The van der Waals surface area contributed by atoms with Gasteiger partial charge in [-0.3, -0.25) is 0 Å². The minimum Gasteiger partial charge on any atom is -0.207 e. The molecule has 0 spiro atoms. The molecule has 0 heterocycles. The van der Waals surface area contributed by atoms with Crippen molar-refractivity contribution in [1.82, 2.24) is 0 Å². The van der Waals surface area contributed by atoms with Crippen molar-refractivity contribution in [1.29, 1.82) is 0 Å². The summed E-state index contributed by atoms with van der Waals surface area (Å²) in [4.78, 5) is 0. The summed E-state index contributed by atoms with van der Waals surface area (Å²) >= 11 is 6.48. The van der Waals surface area contributed by atoms with Gasteiger partial charge in [-0.25, -0.2) is 8.78 Å². The first kappa shape index (κ1) is 17.4. The van der Waals surface area contributed by atoms with Crippen LogP contribution in [0.3, 0.4) is 0 Å². The van der Waals surface area contributed by atoms with E-state index in [2.05, 4.69) is 19.6 Å². The van der Waals surface area contributed by atoms with Crippen LogP contribution in [0, 0.1) is 11.6 Å². The molecule has 0 saturated heterocycles. The molecular formula is C17H21ClF2Si2. The molecule has 0 N–H and O–H groups in total. The quantitative estimate of drug-likeness (QED) is 0.558. The summed E-state index contributed by atoms with van der Waals surface area (Å²) in [5.41, 5.74) is 1.58. The highest BCUT2D eigenvalue weighted by molar-refractivity contribution is 7.12. The Labute approximate surface area is 138 Å². The van der Waals surface area contributed by atoms with Gasteiger partial charge < -0.3 is 0 Å². The fraction of sp³-hybridized carbons (Fsp3) is 0.294. The van der Waals surface area contributed by atoms with Crippen LogP contribution >= 0.6 is 11.6 Å². The normalized spacial score (nSPS) is 12.5. The second kappa shape index (κ2) is 6.64. The van der Waals surface area contributed by atoms with Gasteiger partial charge in [0.2, 0.25) is 0 Å². The van der Waals surface area contributed by atoms with Crippen LogP contribution in [0.15, 0.2) is 48.5 Å². The Bertz CT molecular complexity index is 573. The lowest BCUT2D eigenvalue weighted by Gasteiger charge is -2.36. The van der Waals surface area contributed by atoms with Crippen LogP contribution in [0.5, 0.6) is 0 Å². The Kier molecular flexibility index (Phi) is 5.25. The Balaban J connectivity index is 2.60. The van der Waals surface area contributed by atoms with Crippen molar-refractivity contribution in [2.24, 2.45) is 0 Å². The standard InChI is InChI=1S/C17H21ClF2Si2/c1-21(2,3)13-22(12-18,16-8-4-14(19)5-9-16)17-10-6-15(20)7-11-17/h4-11H,12-13H2,1-3H3. The monoisotopic (exact) mass is 354 g/mol. The Morgan fingerprint density at radius 3 is 1.41 bits per heavy atom. The SMILES string of the molecule is C[Si](C)(C)C[Si](CCl)(c1ccc(F)cc1)c1ccc(F)cc1. The molecule has 0 atom stereocenters. The van der Waals surface area contributed by atoms with Crippen molar-refractivity contribution in [3.05, 3.63) is 60.2 Å². The molecule has 0 aliphatic carbocycles. The summed E-state index contributed by atoms with van der Waals surface area (Å²) in [7, 11) is -3.63. The molecule has 0 fully saturated rings. The Morgan fingerprint density at radius 2 is 1.14 bits per heavy atom. The topological polar surface area (TPSA) is 0 Å². The lowest BCUT2D eigenvalue weighted by atomic mass is 10.3. The molecule has 0 aliphatic rings. The van der Waals surface area contributed by atoms with E-state index in [1.54, 1.807) is 0 Å². The average molecular weight is 355 g/mol.